The van der Waals surface area contributed by atoms with E-state index >= 15 is 0 Å². The van der Waals surface area contributed by atoms with Gasteiger partial charge >= 0.3 is 0 Å². The minimum atomic E-state index is -0.348. The van der Waals surface area contributed by atoms with Gasteiger partial charge in [0, 0.05) is 30.2 Å². The van der Waals surface area contributed by atoms with E-state index < -0.39 is 0 Å². The summed E-state index contributed by atoms with van der Waals surface area (Å²) in [6.07, 6.45) is 3.22. The fourth-order valence-corrected chi connectivity index (χ4v) is 3.41. The maximum absolute atomic E-state index is 12.7. The van der Waals surface area contributed by atoms with Crippen molar-refractivity contribution in [3.05, 3.63) is 34.9 Å². The Morgan fingerprint density at radius 3 is 2.48 bits per heavy atom. The normalized spacial score (nSPS) is 18.1. The van der Waals surface area contributed by atoms with E-state index in [0.717, 1.165) is 25.7 Å². The van der Waals surface area contributed by atoms with E-state index in [1.807, 2.05) is 13.8 Å². The number of carbonyl (C=O) groups excluding carboxylic acids is 2. The van der Waals surface area contributed by atoms with Crippen LogP contribution in [0.3, 0.4) is 0 Å². The van der Waals surface area contributed by atoms with Gasteiger partial charge in [-0.3, -0.25) is 9.59 Å². The molecule has 1 unspecified atom stereocenters. The van der Waals surface area contributed by atoms with E-state index in [1.165, 1.54) is 0 Å². The maximum atomic E-state index is 12.7. The van der Waals surface area contributed by atoms with Gasteiger partial charge in [-0.05, 0) is 49.9 Å². The third-order valence-corrected chi connectivity index (χ3v) is 5.56. The molecule has 0 aromatic heterocycles. The highest BCUT2D eigenvalue weighted by atomic mass is 35.5. The number of rotatable bonds is 6. The molecule has 138 valence electrons. The number of carbonyl (C=O) groups is 2. The molecule has 1 saturated heterocycles. The highest BCUT2D eigenvalue weighted by Gasteiger charge is 2.33. The summed E-state index contributed by atoms with van der Waals surface area (Å²) in [5, 5.41) is 3.74. The Kier molecular flexibility index (Phi) is 6.85. The number of nitrogens with one attached hydrogen (secondary N) is 1. The van der Waals surface area contributed by atoms with Crippen LogP contribution < -0.4 is 11.1 Å². The van der Waals surface area contributed by atoms with Crippen LogP contribution in [-0.4, -0.2) is 41.9 Å². The lowest BCUT2D eigenvalue weighted by molar-refractivity contribution is -0.128. The van der Waals surface area contributed by atoms with Crippen LogP contribution >= 0.6 is 11.6 Å². The third kappa shape index (κ3) is 4.73. The van der Waals surface area contributed by atoms with Crippen LogP contribution in [0.4, 0.5) is 0 Å². The molecule has 3 N–H and O–H groups in total. The standard InChI is InChI=1S/C19H28ClN3O2/c1-3-19(4-2,13-21)22-17(24)15-6-5-11-23(12-15)18(25)14-7-9-16(20)10-8-14/h7-10,15H,3-6,11-13,21H2,1-2H3,(H,22,24). The zero-order chi connectivity index (χ0) is 18.4. The van der Waals surface area contributed by atoms with Gasteiger partial charge in [0.25, 0.3) is 5.91 Å². The summed E-state index contributed by atoms with van der Waals surface area (Å²) in [6, 6.07) is 6.87. The van der Waals surface area contributed by atoms with E-state index in [1.54, 1.807) is 29.2 Å². The molecule has 1 fully saturated rings. The van der Waals surface area contributed by atoms with Crippen LogP contribution in [0.2, 0.25) is 5.02 Å². The summed E-state index contributed by atoms with van der Waals surface area (Å²) in [5.74, 6) is -0.234. The smallest absolute Gasteiger partial charge is 0.253 e. The monoisotopic (exact) mass is 365 g/mol. The second-order valence-corrected chi connectivity index (χ2v) is 7.21. The molecule has 0 aliphatic carbocycles. The van der Waals surface area contributed by atoms with E-state index in [-0.39, 0.29) is 23.3 Å². The summed E-state index contributed by atoms with van der Waals surface area (Å²) >= 11 is 5.88. The van der Waals surface area contributed by atoms with Crippen molar-refractivity contribution in [2.45, 2.75) is 45.1 Å². The van der Waals surface area contributed by atoms with Crippen molar-refractivity contribution in [3.63, 3.8) is 0 Å². The quantitative estimate of drug-likeness (QED) is 0.813. The summed E-state index contributed by atoms with van der Waals surface area (Å²) < 4.78 is 0. The number of hydrogen-bond donors (Lipinski definition) is 2. The molecule has 1 aromatic rings. The number of halogens is 1. The van der Waals surface area contributed by atoms with Crippen LogP contribution in [-0.2, 0) is 4.79 Å². The molecule has 1 atom stereocenters. The first-order chi connectivity index (χ1) is 11.9. The summed E-state index contributed by atoms with van der Waals surface area (Å²) in [4.78, 5) is 27.1. The van der Waals surface area contributed by atoms with Crippen molar-refractivity contribution < 1.29 is 9.59 Å². The molecule has 1 aromatic carbocycles. The van der Waals surface area contributed by atoms with Crippen molar-refractivity contribution in [3.8, 4) is 0 Å². The Bertz CT molecular complexity index is 591. The van der Waals surface area contributed by atoms with Gasteiger partial charge in [-0.15, -0.1) is 0 Å². The first-order valence-corrected chi connectivity index (χ1v) is 9.39. The molecule has 1 heterocycles. The van der Waals surface area contributed by atoms with Crippen molar-refractivity contribution >= 4 is 23.4 Å². The van der Waals surface area contributed by atoms with Gasteiger partial charge in [-0.2, -0.15) is 0 Å². The van der Waals surface area contributed by atoms with Gasteiger partial charge in [0.2, 0.25) is 5.91 Å². The Hall–Kier alpha value is -1.59. The van der Waals surface area contributed by atoms with Crippen LogP contribution in [0, 0.1) is 5.92 Å². The molecular weight excluding hydrogens is 338 g/mol. The predicted molar refractivity (Wildman–Crippen MR) is 101 cm³/mol. The molecule has 6 heteroatoms. The lowest BCUT2D eigenvalue weighted by Gasteiger charge is -2.36. The predicted octanol–water partition coefficient (Wildman–Crippen LogP) is 2.83. The fraction of sp³-hybridized carbons (Fsp3) is 0.579. The van der Waals surface area contributed by atoms with Crippen LogP contribution in [0.1, 0.15) is 49.9 Å². The first kappa shape index (κ1) is 19.7. The summed E-state index contributed by atoms with van der Waals surface area (Å²) in [6.45, 7) is 5.61. The molecule has 2 rings (SSSR count). The Morgan fingerprint density at radius 1 is 1.28 bits per heavy atom. The number of hydrogen-bond acceptors (Lipinski definition) is 3. The minimum absolute atomic E-state index is 0.00255. The molecule has 0 spiro atoms. The second kappa shape index (κ2) is 8.68. The van der Waals surface area contributed by atoms with E-state index in [2.05, 4.69) is 5.32 Å². The van der Waals surface area contributed by atoms with Gasteiger partial charge < -0.3 is 16.0 Å². The number of likely N-dealkylation sites (tertiary alicyclic amines) is 1. The lowest BCUT2D eigenvalue weighted by Crippen LogP contribution is -2.56. The molecule has 25 heavy (non-hydrogen) atoms. The van der Waals surface area contributed by atoms with Crippen LogP contribution in [0.15, 0.2) is 24.3 Å². The van der Waals surface area contributed by atoms with E-state index in [9.17, 15) is 9.59 Å². The second-order valence-electron chi connectivity index (χ2n) is 6.78. The summed E-state index contributed by atoms with van der Waals surface area (Å²) in [7, 11) is 0. The van der Waals surface area contributed by atoms with E-state index in [4.69, 9.17) is 17.3 Å². The van der Waals surface area contributed by atoms with Crippen molar-refractivity contribution in [1.82, 2.24) is 10.2 Å². The average molecular weight is 366 g/mol. The highest BCUT2D eigenvalue weighted by molar-refractivity contribution is 6.30. The molecular formula is C19H28ClN3O2. The Labute approximate surface area is 154 Å². The number of piperidine rings is 1. The van der Waals surface area contributed by atoms with Gasteiger partial charge in [-0.25, -0.2) is 0 Å². The van der Waals surface area contributed by atoms with Crippen molar-refractivity contribution in [2.75, 3.05) is 19.6 Å². The van der Waals surface area contributed by atoms with Crippen molar-refractivity contribution in [1.29, 1.82) is 0 Å². The van der Waals surface area contributed by atoms with Crippen LogP contribution in [0.25, 0.3) is 0 Å². The molecule has 1 aliphatic heterocycles. The molecule has 0 saturated carbocycles. The maximum Gasteiger partial charge on any atom is 0.253 e. The zero-order valence-electron chi connectivity index (χ0n) is 15.1. The molecule has 2 amide bonds. The number of nitrogens with two attached hydrogens (primary N) is 1. The van der Waals surface area contributed by atoms with Gasteiger partial charge in [-0.1, -0.05) is 25.4 Å². The van der Waals surface area contributed by atoms with Gasteiger partial charge in [0.1, 0.15) is 0 Å². The first-order valence-electron chi connectivity index (χ1n) is 9.01. The van der Waals surface area contributed by atoms with E-state index in [0.29, 0.717) is 30.2 Å². The number of benzene rings is 1. The van der Waals surface area contributed by atoms with Crippen molar-refractivity contribution in [2.24, 2.45) is 11.7 Å². The Morgan fingerprint density at radius 2 is 1.92 bits per heavy atom. The largest absolute Gasteiger partial charge is 0.349 e. The highest BCUT2D eigenvalue weighted by Crippen LogP contribution is 2.22. The Balaban J connectivity index is 2.03. The van der Waals surface area contributed by atoms with Gasteiger partial charge in [0.05, 0.1) is 11.5 Å². The number of nitrogens with zero attached hydrogens (tertiary/aromatic N) is 1. The SMILES string of the molecule is CCC(CC)(CN)NC(=O)C1CCCN(C(=O)c2ccc(Cl)cc2)C1. The summed E-state index contributed by atoms with van der Waals surface area (Å²) in [5.41, 5.74) is 6.13. The average Bonchev–Trinajstić information content (AvgIpc) is 2.66. The fourth-order valence-electron chi connectivity index (χ4n) is 3.28. The van der Waals surface area contributed by atoms with Gasteiger partial charge in [0.15, 0.2) is 0 Å². The topological polar surface area (TPSA) is 75.4 Å². The zero-order valence-corrected chi connectivity index (χ0v) is 15.8. The molecule has 5 nitrogen and oxygen atoms in total. The minimum Gasteiger partial charge on any atom is -0.349 e. The lowest BCUT2D eigenvalue weighted by atomic mass is 9.90. The molecule has 1 aliphatic rings. The van der Waals surface area contributed by atoms with Crippen LogP contribution in [0.5, 0.6) is 0 Å². The third-order valence-electron chi connectivity index (χ3n) is 5.30. The molecule has 0 radical (unpaired) electrons. The molecule has 0 bridgehead atoms. The number of amides is 2.